The molecule has 2 saturated heterocycles. The van der Waals surface area contributed by atoms with Crippen molar-refractivity contribution in [2.45, 2.75) is 38.3 Å². The average molecular weight is 197 g/mol. The lowest BCUT2D eigenvalue weighted by Gasteiger charge is -2.38. The standard InChI is InChI=1S/C11H21N2O/c1-8(10-4-7-13-10)11(14)9-2-5-12-6-3-9/h8-13H,2-7H2,1H3. The molecule has 2 fully saturated rings. The summed E-state index contributed by atoms with van der Waals surface area (Å²) in [6.07, 6.45) is 3.00. The number of hydrogen-bond donors (Lipinski definition) is 2. The fraction of sp³-hybridized carbons (Fsp3) is 1.00. The Bertz CT molecular complexity index is 174. The summed E-state index contributed by atoms with van der Waals surface area (Å²) in [6.45, 7) is 5.30. The second kappa shape index (κ2) is 4.60. The first-order chi connectivity index (χ1) is 6.79. The molecule has 3 heteroatoms. The summed E-state index contributed by atoms with van der Waals surface area (Å²) in [5, 5.41) is 18.8. The zero-order valence-electron chi connectivity index (χ0n) is 8.96. The smallest absolute Gasteiger partial charge is 0.0999 e. The lowest BCUT2D eigenvalue weighted by Crippen LogP contribution is -2.52. The van der Waals surface area contributed by atoms with E-state index >= 15 is 0 Å². The van der Waals surface area contributed by atoms with E-state index in [9.17, 15) is 5.11 Å². The van der Waals surface area contributed by atoms with E-state index in [4.69, 9.17) is 0 Å². The summed E-state index contributed by atoms with van der Waals surface area (Å²) in [5.41, 5.74) is 0. The van der Waals surface area contributed by atoms with Crippen LogP contribution < -0.4 is 10.6 Å². The van der Waals surface area contributed by atoms with Crippen LogP contribution in [0, 0.1) is 11.8 Å². The molecule has 0 spiro atoms. The van der Waals surface area contributed by atoms with Gasteiger partial charge in [0.15, 0.2) is 0 Å². The maximum atomic E-state index is 12.1. The van der Waals surface area contributed by atoms with Crippen molar-refractivity contribution in [2.24, 2.45) is 11.8 Å². The van der Waals surface area contributed by atoms with Gasteiger partial charge in [-0.1, -0.05) is 6.92 Å². The minimum Gasteiger partial charge on any atom is -0.317 e. The van der Waals surface area contributed by atoms with Crippen molar-refractivity contribution >= 4 is 0 Å². The molecule has 0 aromatic rings. The lowest BCUT2D eigenvalue weighted by molar-refractivity contribution is -0.0339. The maximum Gasteiger partial charge on any atom is 0.0999 e. The largest absolute Gasteiger partial charge is 0.317 e. The van der Waals surface area contributed by atoms with Gasteiger partial charge in [0, 0.05) is 12.0 Å². The minimum absolute atomic E-state index is 0.312. The summed E-state index contributed by atoms with van der Waals surface area (Å²) in [4.78, 5) is 0. The van der Waals surface area contributed by atoms with E-state index in [1.807, 2.05) is 0 Å². The van der Waals surface area contributed by atoms with Gasteiger partial charge in [-0.3, -0.25) is 0 Å². The maximum absolute atomic E-state index is 12.1. The summed E-state index contributed by atoms with van der Waals surface area (Å²) in [5.74, 6) is 0.723. The van der Waals surface area contributed by atoms with Crippen LogP contribution >= 0.6 is 0 Å². The fourth-order valence-electron chi connectivity index (χ4n) is 2.59. The quantitative estimate of drug-likeness (QED) is 0.702. The molecule has 0 aromatic carbocycles. The third-order valence-corrected chi connectivity index (χ3v) is 3.86. The van der Waals surface area contributed by atoms with Crippen LogP contribution in [-0.2, 0) is 5.11 Å². The normalized spacial score (nSPS) is 33.4. The van der Waals surface area contributed by atoms with Crippen molar-refractivity contribution in [1.82, 2.24) is 10.6 Å². The van der Waals surface area contributed by atoms with E-state index in [0.717, 1.165) is 32.5 Å². The SMILES string of the molecule is CC(C1CCN1)C([O])C1CCNCC1. The highest BCUT2D eigenvalue weighted by molar-refractivity contribution is 4.89. The summed E-state index contributed by atoms with van der Waals surface area (Å²) >= 11 is 0. The Morgan fingerprint density at radius 1 is 1.14 bits per heavy atom. The second-order valence-electron chi connectivity index (χ2n) is 4.76. The Morgan fingerprint density at radius 2 is 1.79 bits per heavy atom. The van der Waals surface area contributed by atoms with E-state index in [1.165, 1.54) is 6.42 Å². The monoisotopic (exact) mass is 197 g/mol. The predicted molar refractivity (Wildman–Crippen MR) is 55.6 cm³/mol. The summed E-state index contributed by atoms with van der Waals surface area (Å²) in [6, 6.07) is 0.507. The van der Waals surface area contributed by atoms with E-state index in [1.54, 1.807) is 0 Å². The predicted octanol–water partition coefficient (Wildman–Crippen LogP) is 0.783. The molecule has 3 atom stereocenters. The molecule has 0 bridgehead atoms. The van der Waals surface area contributed by atoms with E-state index < -0.39 is 0 Å². The van der Waals surface area contributed by atoms with E-state index in [0.29, 0.717) is 17.9 Å². The van der Waals surface area contributed by atoms with Gasteiger partial charge in [-0.25, -0.2) is 5.11 Å². The Labute approximate surface area is 86.3 Å². The molecule has 2 N–H and O–H groups in total. The zero-order valence-corrected chi connectivity index (χ0v) is 8.96. The molecule has 14 heavy (non-hydrogen) atoms. The molecule has 0 aliphatic carbocycles. The lowest BCUT2D eigenvalue weighted by atomic mass is 9.79. The Hall–Kier alpha value is -0.120. The number of nitrogens with one attached hydrogen (secondary N) is 2. The topological polar surface area (TPSA) is 44.0 Å². The second-order valence-corrected chi connectivity index (χ2v) is 4.76. The first-order valence-electron chi connectivity index (χ1n) is 5.89. The molecule has 2 rings (SSSR count). The molecule has 2 aliphatic heterocycles. The van der Waals surface area contributed by atoms with Crippen molar-refractivity contribution in [3.05, 3.63) is 0 Å². The van der Waals surface area contributed by atoms with Crippen molar-refractivity contribution in [1.29, 1.82) is 0 Å². The van der Waals surface area contributed by atoms with Gasteiger partial charge in [0.25, 0.3) is 0 Å². The van der Waals surface area contributed by atoms with Gasteiger partial charge >= 0.3 is 0 Å². The van der Waals surface area contributed by atoms with Crippen molar-refractivity contribution in [3.8, 4) is 0 Å². The number of hydrogen-bond acceptors (Lipinski definition) is 2. The van der Waals surface area contributed by atoms with Crippen LogP contribution in [-0.4, -0.2) is 31.8 Å². The van der Waals surface area contributed by atoms with Crippen LogP contribution in [0.1, 0.15) is 26.2 Å². The van der Waals surface area contributed by atoms with Crippen LogP contribution in [0.25, 0.3) is 0 Å². The summed E-state index contributed by atoms with van der Waals surface area (Å²) in [7, 11) is 0. The molecule has 2 aliphatic rings. The minimum atomic E-state index is -0.352. The summed E-state index contributed by atoms with van der Waals surface area (Å²) < 4.78 is 0. The molecule has 81 valence electrons. The van der Waals surface area contributed by atoms with Crippen LogP contribution in [0.2, 0.25) is 0 Å². The molecule has 0 amide bonds. The molecule has 3 nitrogen and oxygen atoms in total. The van der Waals surface area contributed by atoms with Gasteiger partial charge < -0.3 is 10.6 Å². The van der Waals surface area contributed by atoms with Crippen LogP contribution in [0.5, 0.6) is 0 Å². The molecule has 0 aromatic heterocycles. The first-order valence-corrected chi connectivity index (χ1v) is 5.89. The van der Waals surface area contributed by atoms with Gasteiger partial charge in [-0.15, -0.1) is 0 Å². The third kappa shape index (κ3) is 2.10. The molecule has 2 heterocycles. The first kappa shape index (κ1) is 10.4. The Balaban J connectivity index is 1.82. The molecule has 3 unspecified atom stereocenters. The van der Waals surface area contributed by atoms with Gasteiger partial charge in [0.2, 0.25) is 0 Å². The van der Waals surface area contributed by atoms with Crippen LogP contribution in [0.3, 0.4) is 0 Å². The molecule has 1 radical (unpaired) electrons. The Morgan fingerprint density at radius 3 is 2.29 bits per heavy atom. The fourth-order valence-corrected chi connectivity index (χ4v) is 2.59. The van der Waals surface area contributed by atoms with Crippen LogP contribution in [0.4, 0.5) is 0 Å². The van der Waals surface area contributed by atoms with Gasteiger partial charge in [0.1, 0.15) is 0 Å². The molecular formula is C11H21N2O. The third-order valence-electron chi connectivity index (χ3n) is 3.86. The van der Waals surface area contributed by atoms with E-state index in [-0.39, 0.29) is 6.10 Å². The highest BCUT2D eigenvalue weighted by Gasteiger charge is 2.34. The average Bonchev–Trinajstić information content (AvgIpc) is 2.15. The molecular weight excluding hydrogens is 176 g/mol. The zero-order chi connectivity index (χ0) is 9.97. The van der Waals surface area contributed by atoms with Crippen molar-refractivity contribution in [3.63, 3.8) is 0 Å². The van der Waals surface area contributed by atoms with Crippen molar-refractivity contribution < 1.29 is 5.11 Å². The highest BCUT2D eigenvalue weighted by Crippen LogP contribution is 2.27. The van der Waals surface area contributed by atoms with Crippen LogP contribution in [0.15, 0.2) is 0 Å². The number of piperidine rings is 1. The van der Waals surface area contributed by atoms with Gasteiger partial charge in [0.05, 0.1) is 6.10 Å². The van der Waals surface area contributed by atoms with Gasteiger partial charge in [-0.2, -0.15) is 0 Å². The van der Waals surface area contributed by atoms with Crippen molar-refractivity contribution in [2.75, 3.05) is 19.6 Å². The number of rotatable bonds is 3. The highest BCUT2D eigenvalue weighted by atomic mass is 16.3. The van der Waals surface area contributed by atoms with E-state index in [2.05, 4.69) is 17.6 Å². The molecule has 0 saturated carbocycles. The van der Waals surface area contributed by atoms with Gasteiger partial charge in [-0.05, 0) is 44.8 Å². The Kier molecular flexibility index (Phi) is 3.42.